The Balaban J connectivity index is 3.04. The van der Waals surface area contributed by atoms with Crippen molar-refractivity contribution >= 4 is 0 Å². The van der Waals surface area contributed by atoms with Gasteiger partial charge in [-0.15, -0.1) is 0 Å². The summed E-state index contributed by atoms with van der Waals surface area (Å²) >= 11 is 0. The molecule has 68 valence electrons. The molecule has 2 N–H and O–H groups in total. The zero-order chi connectivity index (χ0) is 9.68. The maximum atomic E-state index is 8.63. The van der Waals surface area contributed by atoms with Crippen LogP contribution >= 0.6 is 0 Å². The summed E-state index contributed by atoms with van der Waals surface area (Å²) in [6, 6.07) is 7.11. The molecular weight excluding hydrogens is 168 g/mol. The van der Waals surface area contributed by atoms with Crippen LogP contribution in [0.3, 0.4) is 0 Å². The monoisotopic (exact) mass is 178 g/mol. The van der Waals surface area contributed by atoms with Gasteiger partial charge in [-0.05, 0) is 18.2 Å². The van der Waals surface area contributed by atoms with Gasteiger partial charge in [-0.25, -0.2) is 5.90 Å². The second-order valence-corrected chi connectivity index (χ2v) is 2.45. The summed E-state index contributed by atoms with van der Waals surface area (Å²) in [6.45, 7) is 0.235. The lowest BCUT2D eigenvalue weighted by Crippen LogP contribution is -2.01. The average Bonchev–Trinajstić information content (AvgIpc) is 2.18. The van der Waals surface area contributed by atoms with Gasteiger partial charge in [0.1, 0.15) is 5.75 Å². The van der Waals surface area contributed by atoms with Crippen molar-refractivity contribution in [1.82, 2.24) is 0 Å². The highest BCUT2D eigenvalue weighted by Gasteiger charge is 2.03. The molecule has 4 heteroatoms. The third kappa shape index (κ3) is 2.18. The number of hydrogen-bond donors (Lipinski definition) is 1. The van der Waals surface area contributed by atoms with Crippen molar-refractivity contribution in [2.45, 2.75) is 6.61 Å². The Morgan fingerprint density at radius 2 is 2.31 bits per heavy atom. The average molecular weight is 178 g/mol. The lowest BCUT2D eigenvalue weighted by atomic mass is 10.1. The lowest BCUT2D eigenvalue weighted by molar-refractivity contribution is 0.122. The summed E-state index contributed by atoms with van der Waals surface area (Å²) in [5, 5.41) is 8.63. The van der Waals surface area contributed by atoms with E-state index in [4.69, 9.17) is 15.9 Å². The molecule has 0 spiro atoms. The van der Waals surface area contributed by atoms with Crippen molar-refractivity contribution in [3.05, 3.63) is 29.3 Å². The van der Waals surface area contributed by atoms with Gasteiger partial charge < -0.3 is 4.74 Å². The van der Waals surface area contributed by atoms with E-state index in [0.29, 0.717) is 11.3 Å². The van der Waals surface area contributed by atoms with Crippen molar-refractivity contribution < 1.29 is 9.57 Å². The van der Waals surface area contributed by atoms with Crippen molar-refractivity contribution in [1.29, 1.82) is 5.26 Å². The molecule has 0 aromatic heterocycles. The number of nitrogens with two attached hydrogens (primary N) is 1. The predicted octanol–water partition coefficient (Wildman–Crippen LogP) is 0.957. The van der Waals surface area contributed by atoms with E-state index in [9.17, 15) is 0 Å². The van der Waals surface area contributed by atoms with Crippen LogP contribution in [-0.2, 0) is 11.4 Å². The SMILES string of the molecule is COc1ccc(C#N)cc1CON. The second-order valence-electron chi connectivity index (χ2n) is 2.45. The Kier molecular flexibility index (Phi) is 3.26. The van der Waals surface area contributed by atoms with Crippen LogP contribution in [0.25, 0.3) is 0 Å². The van der Waals surface area contributed by atoms with Crippen molar-refractivity contribution in [2.24, 2.45) is 5.90 Å². The molecule has 0 aliphatic rings. The maximum Gasteiger partial charge on any atom is 0.124 e. The van der Waals surface area contributed by atoms with E-state index in [1.54, 1.807) is 25.3 Å². The molecule has 0 fully saturated rings. The van der Waals surface area contributed by atoms with Crippen molar-refractivity contribution in [3.8, 4) is 11.8 Å². The first-order valence-corrected chi connectivity index (χ1v) is 3.70. The highest BCUT2D eigenvalue weighted by Crippen LogP contribution is 2.19. The normalized spacial score (nSPS) is 9.31. The van der Waals surface area contributed by atoms with E-state index >= 15 is 0 Å². The molecule has 0 heterocycles. The van der Waals surface area contributed by atoms with Crippen LogP contribution in [0.5, 0.6) is 5.75 Å². The van der Waals surface area contributed by atoms with Gasteiger partial charge in [-0.3, -0.25) is 4.84 Å². The van der Waals surface area contributed by atoms with E-state index < -0.39 is 0 Å². The molecule has 0 saturated carbocycles. The van der Waals surface area contributed by atoms with Gasteiger partial charge in [0.15, 0.2) is 0 Å². The molecule has 1 rings (SSSR count). The van der Waals surface area contributed by atoms with Crippen LogP contribution in [0.4, 0.5) is 0 Å². The molecule has 0 radical (unpaired) electrons. The Morgan fingerprint density at radius 3 is 2.85 bits per heavy atom. The highest BCUT2D eigenvalue weighted by molar-refractivity contribution is 5.41. The molecule has 1 aromatic carbocycles. The van der Waals surface area contributed by atoms with E-state index in [1.165, 1.54) is 0 Å². The molecule has 0 aliphatic carbocycles. The summed E-state index contributed by atoms with van der Waals surface area (Å²) in [4.78, 5) is 4.48. The number of nitrogens with zero attached hydrogens (tertiary/aromatic N) is 1. The zero-order valence-electron chi connectivity index (χ0n) is 7.28. The molecular formula is C9H10N2O2. The van der Waals surface area contributed by atoms with Crippen LogP contribution < -0.4 is 10.6 Å². The van der Waals surface area contributed by atoms with Crippen LogP contribution in [0.2, 0.25) is 0 Å². The summed E-state index contributed by atoms with van der Waals surface area (Å²) in [5.74, 6) is 5.61. The van der Waals surface area contributed by atoms with Gasteiger partial charge in [0.2, 0.25) is 0 Å². The molecule has 0 saturated heterocycles. The van der Waals surface area contributed by atoms with Gasteiger partial charge >= 0.3 is 0 Å². The second kappa shape index (κ2) is 4.45. The van der Waals surface area contributed by atoms with Crippen LogP contribution in [-0.4, -0.2) is 7.11 Å². The number of hydrogen-bond acceptors (Lipinski definition) is 4. The summed E-state index contributed by atoms with van der Waals surface area (Å²) in [5.41, 5.74) is 1.33. The zero-order valence-corrected chi connectivity index (χ0v) is 7.28. The minimum atomic E-state index is 0.235. The standard InChI is InChI=1S/C9H10N2O2/c1-12-9-3-2-7(5-10)4-8(9)6-13-11/h2-4H,6,11H2,1H3. The van der Waals surface area contributed by atoms with E-state index in [-0.39, 0.29) is 6.61 Å². The molecule has 0 atom stereocenters. The van der Waals surface area contributed by atoms with Gasteiger partial charge in [-0.1, -0.05) is 0 Å². The molecule has 0 unspecified atom stereocenters. The van der Waals surface area contributed by atoms with Crippen LogP contribution in [0.1, 0.15) is 11.1 Å². The quantitative estimate of drug-likeness (QED) is 0.700. The van der Waals surface area contributed by atoms with Crippen LogP contribution in [0, 0.1) is 11.3 Å². The van der Waals surface area contributed by atoms with Gasteiger partial charge in [-0.2, -0.15) is 5.26 Å². The van der Waals surface area contributed by atoms with E-state index in [0.717, 1.165) is 5.56 Å². The minimum Gasteiger partial charge on any atom is -0.496 e. The third-order valence-corrected chi connectivity index (χ3v) is 1.65. The fourth-order valence-electron chi connectivity index (χ4n) is 1.05. The fourth-order valence-corrected chi connectivity index (χ4v) is 1.05. The smallest absolute Gasteiger partial charge is 0.124 e. The lowest BCUT2D eigenvalue weighted by Gasteiger charge is -2.06. The van der Waals surface area contributed by atoms with Gasteiger partial charge in [0, 0.05) is 5.56 Å². The Bertz CT molecular complexity index is 331. The van der Waals surface area contributed by atoms with Crippen molar-refractivity contribution in [2.75, 3.05) is 7.11 Å². The Hall–Kier alpha value is -1.57. The Labute approximate surface area is 76.4 Å². The molecule has 0 aliphatic heterocycles. The topological polar surface area (TPSA) is 68.3 Å². The predicted molar refractivity (Wildman–Crippen MR) is 46.7 cm³/mol. The number of benzene rings is 1. The van der Waals surface area contributed by atoms with E-state index in [2.05, 4.69) is 4.84 Å². The van der Waals surface area contributed by atoms with Gasteiger partial charge in [0.05, 0.1) is 25.3 Å². The summed E-state index contributed by atoms with van der Waals surface area (Å²) in [6.07, 6.45) is 0. The first-order valence-electron chi connectivity index (χ1n) is 3.70. The highest BCUT2D eigenvalue weighted by atomic mass is 16.6. The van der Waals surface area contributed by atoms with E-state index in [1.807, 2.05) is 6.07 Å². The minimum absolute atomic E-state index is 0.235. The number of methoxy groups -OCH3 is 1. The molecule has 0 bridgehead atoms. The number of ether oxygens (including phenoxy) is 1. The number of nitriles is 1. The van der Waals surface area contributed by atoms with Crippen molar-refractivity contribution in [3.63, 3.8) is 0 Å². The molecule has 4 nitrogen and oxygen atoms in total. The first-order chi connectivity index (χ1) is 6.31. The number of rotatable bonds is 3. The first kappa shape index (κ1) is 9.52. The van der Waals surface area contributed by atoms with Crippen LogP contribution in [0.15, 0.2) is 18.2 Å². The molecule has 13 heavy (non-hydrogen) atoms. The fraction of sp³-hybridized carbons (Fsp3) is 0.222. The summed E-state index contributed by atoms with van der Waals surface area (Å²) in [7, 11) is 1.56. The van der Waals surface area contributed by atoms with Gasteiger partial charge in [0.25, 0.3) is 0 Å². The largest absolute Gasteiger partial charge is 0.496 e. The Morgan fingerprint density at radius 1 is 1.54 bits per heavy atom. The maximum absolute atomic E-state index is 8.63. The molecule has 0 amide bonds. The third-order valence-electron chi connectivity index (χ3n) is 1.65. The molecule has 1 aromatic rings. The summed E-state index contributed by atoms with van der Waals surface area (Å²) < 4.78 is 5.05.